The number of nitrogens with zero attached hydrogens (tertiary/aromatic N) is 1. The quantitative estimate of drug-likeness (QED) is 0.784. The third-order valence-corrected chi connectivity index (χ3v) is 2.48. The number of nitrogens with one attached hydrogen (secondary N) is 2. The Balaban J connectivity index is 2.33. The lowest BCUT2D eigenvalue weighted by Crippen LogP contribution is -2.02. The maximum atomic E-state index is 11.0. The van der Waals surface area contributed by atoms with E-state index in [0.717, 1.165) is 0 Å². The average Bonchev–Trinajstić information content (AvgIpc) is 2.59. The number of benzene rings is 1. The Labute approximate surface area is 102 Å². The van der Waals surface area contributed by atoms with E-state index >= 15 is 0 Å². The summed E-state index contributed by atoms with van der Waals surface area (Å²) < 4.78 is 0. The number of rotatable bonds is 3. The van der Waals surface area contributed by atoms with Crippen molar-refractivity contribution in [2.24, 2.45) is 0 Å². The summed E-state index contributed by atoms with van der Waals surface area (Å²) in [5, 5.41) is 19.0. The lowest BCUT2D eigenvalue weighted by atomic mass is 10.2. The number of carbonyl (C=O) groups is 1. The molecule has 0 bridgehead atoms. The average molecular weight is 252 g/mol. The Morgan fingerprint density at radius 1 is 1.53 bits per heavy atom. The third-order valence-electron chi connectivity index (χ3n) is 2.25. The van der Waals surface area contributed by atoms with E-state index in [1.165, 1.54) is 0 Å². The van der Waals surface area contributed by atoms with Gasteiger partial charge in [-0.15, -0.1) is 0 Å². The molecule has 1 aromatic carbocycles. The molecule has 0 aliphatic rings. The van der Waals surface area contributed by atoms with Gasteiger partial charge >= 0.3 is 5.97 Å². The van der Waals surface area contributed by atoms with Crippen molar-refractivity contribution in [3.63, 3.8) is 0 Å². The second kappa shape index (κ2) is 4.47. The number of carboxylic acid groups (broad SMARTS) is 1. The number of halogens is 1. The van der Waals surface area contributed by atoms with Gasteiger partial charge in [0.2, 0.25) is 0 Å². The van der Waals surface area contributed by atoms with Crippen LogP contribution in [-0.2, 0) is 0 Å². The van der Waals surface area contributed by atoms with E-state index in [4.69, 9.17) is 16.7 Å². The van der Waals surface area contributed by atoms with E-state index in [0.29, 0.717) is 16.4 Å². The van der Waals surface area contributed by atoms with Gasteiger partial charge in [0, 0.05) is 16.4 Å². The largest absolute Gasteiger partial charge is 0.477 e. The summed E-state index contributed by atoms with van der Waals surface area (Å²) in [6.45, 7) is 1.65. The Morgan fingerprint density at radius 3 is 2.94 bits per heavy atom. The number of H-pyrrole nitrogens is 1. The Morgan fingerprint density at radius 2 is 2.29 bits per heavy atom. The lowest BCUT2D eigenvalue weighted by molar-refractivity contribution is 0.0697. The molecule has 0 saturated carbocycles. The summed E-state index contributed by atoms with van der Waals surface area (Å²) >= 11 is 5.83. The minimum absolute atomic E-state index is 0.130. The number of aromatic amines is 1. The number of aromatic carboxylic acids is 1. The minimum atomic E-state index is -1.03. The highest BCUT2D eigenvalue weighted by Gasteiger charge is 2.17. The van der Waals surface area contributed by atoms with E-state index in [9.17, 15) is 4.79 Å². The molecule has 0 unspecified atom stereocenters. The SMILES string of the molecule is Cc1[nH]nc(Nc2cccc(Cl)c2)c1C(=O)O. The molecule has 88 valence electrons. The van der Waals surface area contributed by atoms with Crippen molar-refractivity contribution in [1.82, 2.24) is 10.2 Å². The number of carboxylic acids is 1. The van der Waals surface area contributed by atoms with Gasteiger partial charge in [-0.3, -0.25) is 5.10 Å². The van der Waals surface area contributed by atoms with Crippen LogP contribution in [-0.4, -0.2) is 21.3 Å². The molecule has 17 heavy (non-hydrogen) atoms. The van der Waals surface area contributed by atoms with Crippen LogP contribution in [0.3, 0.4) is 0 Å². The topological polar surface area (TPSA) is 78.0 Å². The van der Waals surface area contributed by atoms with E-state index in [-0.39, 0.29) is 11.4 Å². The van der Waals surface area contributed by atoms with Crippen LogP contribution in [0.5, 0.6) is 0 Å². The number of aromatic nitrogens is 2. The van der Waals surface area contributed by atoms with Gasteiger partial charge in [0.05, 0.1) is 0 Å². The van der Waals surface area contributed by atoms with E-state index in [1.807, 2.05) is 0 Å². The maximum Gasteiger partial charge on any atom is 0.341 e. The second-order valence-electron chi connectivity index (χ2n) is 3.51. The minimum Gasteiger partial charge on any atom is -0.477 e. The van der Waals surface area contributed by atoms with Crippen molar-refractivity contribution < 1.29 is 9.90 Å². The molecule has 6 heteroatoms. The summed E-state index contributed by atoms with van der Waals surface area (Å²) in [6, 6.07) is 6.98. The highest BCUT2D eigenvalue weighted by molar-refractivity contribution is 6.30. The molecule has 0 aliphatic heterocycles. The van der Waals surface area contributed by atoms with Gasteiger partial charge in [0.1, 0.15) is 5.56 Å². The maximum absolute atomic E-state index is 11.0. The molecular weight excluding hydrogens is 242 g/mol. The fourth-order valence-corrected chi connectivity index (χ4v) is 1.67. The molecule has 5 nitrogen and oxygen atoms in total. The number of anilines is 2. The first kappa shape index (κ1) is 11.5. The lowest BCUT2D eigenvalue weighted by Gasteiger charge is -2.04. The molecular formula is C11H10ClN3O2. The van der Waals surface area contributed by atoms with Crippen LogP contribution < -0.4 is 5.32 Å². The van der Waals surface area contributed by atoms with E-state index in [1.54, 1.807) is 31.2 Å². The fraction of sp³-hybridized carbons (Fsp3) is 0.0909. The number of hydrogen-bond acceptors (Lipinski definition) is 3. The molecule has 0 aliphatic carbocycles. The van der Waals surface area contributed by atoms with Crippen molar-refractivity contribution in [1.29, 1.82) is 0 Å². The van der Waals surface area contributed by atoms with Crippen LogP contribution >= 0.6 is 11.6 Å². The molecule has 0 spiro atoms. The molecule has 0 atom stereocenters. The normalized spacial score (nSPS) is 10.2. The van der Waals surface area contributed by atoms with Crippen molar-refractivity contribution in [3.05, 3.63) is 40.5 Å². The van der Waals surface area contributed by atoms with Crippen LogP contribution in [0.1, 0.15) is 16.1 Å². The zero-order chi connectivity index (χ0) is 12.4. The second-order valence-corrected chi connectivity index (χ2v) is 3.95. The van der Waals surface area contributed by atoms with Crippen LogP contribution in [0.4, 0.5) is 11.5 Å². The van der Waals surface area contributed by atoms with Crippen molar-refractivity contribution >= 4 is 29.1 Å². The molecule has 0 amide bonds. The van der Waals surface area contributed by atoms with Crippen LogP contribution in [0.2, 0.25) is 5.02 Å². The van der Waals surface area contributed by atoms with Gasteiger partial charge in [-0.1, -0.05) is 17.7 Å². The first-order valence-corrected chi connectivity index (χ1v) is 5.26. The first-order chi connectivity index (χ1) is 8.08. The summed E-state index contributed by atoms with van der Waals surface area (Å²) in [5.41, 5.74) is 1.32. The predicted molar refractivity (Wildman–Crippen MR) is 65.0 cm³/mol. The number of hydrogen-bond donors (Lipinski definition) is 3. The highest BCUT2D eigenvalue weighted by atomic mass is 35.5. The molecule has 0 saturated heterocycles. The molecule has 1 heterocycles. The highest BCUT2D eigenvalue weighted by Crippen LogP contribution is 2.22. The first-order valence-electron chi connectivity index (χ1n) is 4.89. The van der Waals surface area contributed by atoms with Gasteiger partial charge < -0.3 is 10.4 Å². The number of aryl methyl sites for hydroxylation is 1. The van der Waals surface area contributed by atoms with Crippen LogP contribution in [0.25, 0.3) is 0 Å². The molecule has 1 aromatic heterocycles. The summed E-state index contributed by atoms with van der Waals surface area (Å²) in [6.07, 6.45) is 0. The monoisotopic (exact) mass is 251 g/mol. The Kier molecular flexibility index (Phi) is 3.01. The third kappa shape index (κ3) is 2.39. The summed E-state index contributed by atoms with van der Waals surface area (Å²) in [7, 11) is 0. The smallest absolute Gasteiger partial charge is 0.341 e. The van der Waals surface area contributed by atoms with Gasteiger partial charge in [-0.2, -0.15) is 5.10 Å². The van der Waals surface area contributed by atoms with Crippen LogP contribution in [0.15, 0.2) is 24.3 Å². The Bertz CT molecular complexity index is 566. The van der Waals surface area contributed by atoms with Crippen LogP contribution in [0, 0.1) is 6.92 Å². The zero-order valence-corrected chi connectivity index (χ0v) is 9.75. The van der Waals surface area contributed by atoms with Gasteiger partial charge in [-0.05, 0) is 25.1 Å². The van der Waals surface area contributed by atoms with Gasteiger partial charge in [0.25, 0.3) is 0 Å². The summed E-state index contributed by atoms with van der Waals surface area (Å²) in [5.74, 6) is -0.752. The van der Waals surface area contributed by atoms with Gasteiger partial charge in [0.15, 0.2) is 5.82 Å². The van der Waals surface area contributed by atoms with Crippen molar-refractivity contribution in [3.8, 4) is 0 Å². The molecule has 3 N–H and O–H groups in total. The molecule has 0 fully saturated rings. The molecule has 2 aromatic rings. The molecule has 0 radical (unpaired) electrons. The standard InChI is InChI=1S/C11H10ClN3O2/c1-6-9(11(16)17)10(15-14-6)13-8-4-2-3-7(12)5-8/h2-5H,1H3,(H,16,17)(H2,13,14,15). The van der Waals surface area contributed by atoms with Crippen molar-refractivity contribution in [2.45, 2.75) is 6.92 Å². The predicted octanol–water partition coefficient (Wildman–Crippen LogP) is 2.81. The summed E-state index contributed by atoms with van der Waals surface area (Å²) in [4.78, 5) is 11.0. The van der Waals surface area contributed by atoms with Crippen molar-refractivity contribution in [2.75, 3.05) is 5.32 Å². The van der Waals surface area contributed by atoms with Gasteiger partial charge in [-0.25, -0.2) is 4.79 Å². The zero-order valence-electron chi connectivity index (χ0n) is 8.99. The molecule has 2 rings (SSSR count). The van der Waals surface area contributed by atoms with E-state index in [2.05, 4.69) is 15.5 Å². The Hall–Kier alpha value is -2.01. The fourth-order valence-electron chi connectivity index (χ4n) is 1.48. The van der Waals surface area contributed by atoms with E-state index < -0.39 is 5.97 Å².